The molecule has 2 aromatic rings. The van der Waals surface area contributed by atoms with E-state index in [1.165, 1.54) is 10.4 Å². The molecule has 17 heavy (non-hydrogen) atoms. The Kier molecular flexibility index (Phi) is 4.23. The molecule has 3 nitrogen and oxygen atoms in total. The molecule has 0 spiro atoms. The fraction of sp³-hybridized carbons (Fsp3) is 0.385. The molecule has 2 heterocycles. The summed E-state index contributed by atoms with van der Waals surface area (Å²) >= 11 is 1.79. The summed E-state index contributed by atoms with van der Waals surface area (Å²) in [5.41, 5.74) is 1.25. The van der Waals surface area contributed by atoms with E-state index in [-0.39, 0.29) is 0 Å². The van der Waals surface area contributed by atoms with E-state index in [0.717, 1.165) is 18.0 Å². The van der Waals surface area contributed by atoms with E-state index in [9.17, 15) is 0 Å². The summed E-state index contributed by atoms with van der Waals surface area (Å²) in [5.74, 6) is 0. The van der Waals surface area contributed by atoms with Crippen molar-refractivity contribution in [3.8, 4) is 0 Å². The molecule has 1 unspecified atom stereocenters. The first-order valence-corrected chi connectivity index (χ1v) is 6.68. The zero-order valence-corrected chi connectivity index (χ0v) is 11.0. The molecule has 0 saturated carbocycles. The van der Waals surface area contributed by atoms with Gasteiger partial charge in [0.15, 0.2) is 0 Å². The third-order valence-electron chi connectivity index (χ3n) is 2.65. The predicted octanol–water partition coefficient (Wildman–Crippen LogP) is 2.95. The number of pyridine rings is 1. The van der Waals surface area contributed by atoms with Gasteiger partial charge in [-0.1, -0.05) is 6.92 Å². The van der Waals surface area contributed by atoms with Crippen LogP contribution >= 0.6 is 11.3 Å². The molecule has 2 rings (SSSR count). The second-order valence-electron chi connectivity index (χ2n) is 3.98. The number of hydrogen-bond acceptors (Lipinski definition) is 4. The minimum absolute atomic E-state index is 0.300. The fourth-order valence-corrected chi connectivity index (χ4v) is 2.43. The van der Waals surface area contributed by atoms with E-state index < -0.39 is 0 Å². The number of nitrogens with zero attached hydrogens (tertiary/aromatic N) is 2. The van der Waals surface area contributed by atoms with Crippen LogP contribution in [-0.4, -0.2) is 9.97 Å². The second kappa shape index (κ2) is 5.89. The van der Waals surface area contributed by atoms with Crippen molar-refractivity contribution in [3.05, 3.63) is 46.2 Å². The monoisotopic (exact) mass is 247 g/mol. The molecule has 0 amide bonds. The van der Waals surface area contributed by atoms with Crippen LogP contribution in [0.3, 0.4) is 0 Å². The average molecular weight is 247 g/mol. The number of aromatic nitrogens is 2. The van der Waals surface area contributed by atoms with Crippen molar-refractivity contribution >= 4 is 11.3 Å². The van der Waals surface area contributed by atoms with Gasteiger partial charge in [0, 0.05) is 30.0 Å². The Morgan fingerprint density at radius 1 is 1.35 bits per heavy atom. The maximum atomic E-state index is 4.44. The molecule has 0 aliphatic rings. The first kappa shape index (κ1) is 12.2. The van der Waals surface area contributed by atoms with Crippen molar-refractivity contribution < 1.29 is 0 Å². The Balaban J connectivity index is 1.91. The van der Waals surface area contributed by atoms with Crippen LogP contribution in [-0.2, 0) is 13.0 Å². The lowest BCUT2D eigenvalue weighted by Crippen LogP contribution is -2.17. The summed E-state index contributed by atoms with van der Waals surface area (Å²) < 4.78 is 0. The molecule has 0 aliphatic heterocycles. The predicted molar refractivity (Wildman–Crippen MR) is 71.0 cm³/mol. The number of hydrogen-bond donors (Lipinski definition) is 1. The van der Waals surface area contributed by atoms with Crippen LogP contribution in [0, 0.1) is 0 Å². The minimum atomic E-state index is 0.300. The van der Waals surface area contributed by atoms with E-state index in [1.807, 2.05) is 30.7 Å². The molecule has 0 bridgehead atoms. The van der Waals surface area contributed by atoms with Crippen LogP contribution in [0.5, 0.6) is 0 Å². The van der Waals surface area contributed by atoms with Gasteiger partial charge in [0.25, 0.3) is 0 Å². The zero-order chi connectivity index (χ0) is 12.1. The summed E-state index contributed by atoms with van der Waals surface area (Å²) in [6, 6.07) is 4.35. The van der Waals surface area contributed by atoms with Crippen molar-refractivity contribution in [1.29, 1.82) is 0 Å². The molecule has 0 aliphatic carbocycles. The van der Waals surface area contributed by atoms with Crippen molar-refractivity contribution in [2.75, 3.05) is 0 Å². The second-order valence-corrected chi connectivity index (χ2v) is 5.12. The van der Waals surface area contributed by atoms with E-state index >= 15 is 0 Å². The van der Waals surface area contributed by atoms with Crippen LogP contribution in [0.4, 0.5) is 0 Å². The lowest BCUT2D eigenvalue weighted by Gasteiger charge is -2.10. The van der Waals surface area contributed by atoms with Gasteiger partial charge in [0.05, 0.1) is 6.04 Å². The molecular formula is C13H17N3S. The van der Waals surface area contributed by atoms with Crippen molar-refractivity contribution in [3.63, 3.8) is 0 Å². The van der Waals surface area contributed by atoms with Crippen LogP contribution < -0.4 is 5.32 Å². The molecule has 0 radical (unpaired) electrons. The lowest BCUT2D eigenvalue weighted by molar-refractivity contribution is 0.571. The third kappa shape index (κ3) is 3.35. The Labute approximate surface area is 106 Å². The Morgan fingerprint density at radius 3 is 2.76 bits per heavy atom. The standard InChI is InChI=1S/C13H17N3S/c1-3-12-9-16-13(17-12)10(2)15-8-11-4-6-14-7-5-11/h4-7,9-10,15H,3,8H2,1-2H3. The van der Waals surface area contributed by atoms with Gasteiger partial charge in [-0.25, -0.2) is 4.98 Å². The summed E-state index contributed by atoms with van der Waals surface area (Å²) in [4.78, 5) is 9.79. The highest BCUT2D eigenvalue weighted by atomic mass is 32.1. The minimum Gasteiger partial charge on any atom is -0.304 e. The van der Waals surface area contributed by atoms with E-state index in [4.69, 9.17) is 0 Å². The molecule has 4 heteroatoms. The smallest absolute Gasteiger partial charge is 0.109 e. The van der Waals surface area contributed by atoms with Gasteiger partial charge < -0.3 is 5.32 Å². The zero-order valence-electron chi connectivity index (χ0n) is 10.2. The maximum absolute atomic E-state index is 4.44. The molecule has 90 valence electrons. The third-order valence-corrected chi connectivity index (χ3v) is 3.98. The fourth-order valence-electron chi connectivity index (χ4n) is 1.55. The SMILES string of the molecule is CCc1cnc(C(C)NCc2ccncc2)s1. The summed E-state index contributed by atoms with van der Waals surface area (Å²) in [6.07, 6.45) is 6.68. The molecule has 2 aromatic heterocycles. The highest BCUT2D eigenvalue weighted by Crippen LogP contribution is 2.20. The summed E-state index contributed by atoms with van der Waals surface area (Å²) in [6.45, 7) is 5.16. The summed E-state index contributed by atoms with van der Waals surface area (Å²) in [5, 5.41) is 4.64. The normalized spacial score (nSPS) is 12.6. The van der Waals surface area contributed by atoms with E-state index in [2.05, 4.69) is 29.1 Å². The Bertz CT molecular complexity index is 453. The summed E-state index contributed by atoms with van der Waals surface area (Å²) in [7, 11) is 0. The maximum Gasteiger partial charge on any atom is 0.109 e. The van der Waals surface area contributed by atoms with Crippen molar-refractivity contribution in [2.24, 2.45) is 0 Å². The molecule has 0 aromatic carbocycles. The van der Waals surface area contributed by atoms with Gasteiger partial charge in [0.1, 0.15) is 5.01 Å². The van der Waals surface area contributed by atoms with Gasteiger partial charge in [-0.05, 0) is 31.0 Å². The van der Waals surface area contributed by atoms with Gasteiger partial charge in [-0.2, -0.15) is 0 Å². The first-order chi connectivity index (χ1) is 8.29. The first-order valence-electron chi connectivity index (χ1n) is 5.86. The quantitative estimate of drug-likeness (QED) is 0.882. The molecular weight excluding hydrogens is 230 g/mol. The number of nitrogens with one attached hydrogen (secondary N) is 1. The number of aryl methyl sites for hydroxylation is 1. The Morgan fingerprint density at radius 2 is 2.12 bits per heavy atom. The largest absolute Gasteiger partial charge is 0.304 e. The van der Waals surface area contributed by atoms with Crippen LogP contribution in [0.25, 0.3) is 0 Å². The molecule has 0 fully saturated rings. The van der Waals surface area contributed by atoms with Crippen molar-refractivity contribution in [1.82, 2.24) is 15.3 Å². The highest BCUT2D eigenvalue weighted by molar-refractivity contribution is 7.11. The van der Waals surface area contributed by atoms with Crippen molar-refractivity contribution in [2.45, 2.75) is 32.9 Å². The topological polar surface area (TPSA) is 37.8 Å². The van der Waals surface area contributed by atoms with Crippen LogP contribution in [0.15, 0.2) is 30.7 Å². The van der Waals surface area contributed by atoms with Crippen LogP contribution in [0.2, 0.25) is 0 Å². The van der Waals surface area contributed by atoms with Gasteiger partial charge >= 0.3 is 0 Å². The van der Waals surface area contributed by atoms with Gasteiger partial charge in [-0.3, -0.25) is 4.98 Å². The number of thiazole rings is 1. The molecule has 1 N–H and O–H groups in total. The lowest BCUT2D eigenvalue weighted by atomic mass is 10.2. The van der Waals surface area contributed by atoms with Crippen LogP contribution in [0.1, 0.15) is 35.3 Å². The Hall–Kier alpha value is -1.26. The van der Waals surface area contributed by atoms with Gasteiger partial charge in [-0.15, -0.1) is 11.3 Å². The van der Waals surface area contributed by atoms with E-state index in [1.54, 1.807) is 11.3 Å². The van der Waals surface area contributed by atoms with Gasteiger partial charge in [0.2, 0.25) is 0 Å². The number of rotatable bonds is 5. The molecule has 1 atom stereocenters. The average Bonchev–Trinajstić information content (AvgIpc) is 2.86. The molecule has 0 saturated heterocycles. The van der Waals surface area contributed by atoms with E-state index in [0.29, 0.717) is 6.04 Å². The highest BCUT2D eigenvalue weighted by Gasteiger charge is 2.09.